The number of nitrogens with zero attached hydrogens (tertiary/aromatic N) is 1. The third kappa shape index (κ3) is 4.45. The van der Waals surface area contributed by atoms with Crippen molar-refractivity contribution in [2.45, 2.75) is 12.5 Å². The van der Waals surface area contributed by atoms with Crippen LogP contribution in [0.2, 0.25) is 0 Å². The molecule has 2 aromatic carbocycles. The highest BCUT2D eigenvalue weighted by Gasteiger charge is 2.27. The number of rotatable bonds is 7. The van der Waals surface area contributed by atoms with E-state index in [9.17, 15) is 14.4 Å². The number of hydrogen-bond acceptors (Lipinski definition) is 5. The van der Waals surface area contributed by atoms with E-state index in [1.165, 1.54) is 0 Å². The molecule has 0 aliphatic heterocycles. The summed E-state index contributed by atoms with van der Waals surface area (Å²) in [6, 6.07) is 17.4. The zero-order chi connectivity index (χ0) is 19.2. The lowest BCUT2D eigenvalue weighted by atomic mass is 10.0. The molecule has 27 heavy (non-hydrogen) atoms. The molecule has 0 saturated heterocycles. The number of ketones is 1. The quantitative estimate of drug-likeness (QED) is 0.614. The molecule has 0 radical (unpaired) electrons. The Hall–Kier alpha value is -3.32. The number of aromatic nitrogens is 1. The van der Waals surface area contributed by atoms with Gasteiger partial charge < -0.3 is 11.1 Å². The van der Waals surface area contributed by atoms with Gasteiger partial charge in [-0.1, -0.05) is 60.7 Å². The summed E-state index contributed by atoms with van der Waals surface area (Å²) >= 11 is 1.15. The van der Waals surface area contributed by atoms with Gasteiger partial charge in [0.1, 0.15) is 11.7 Å². The average Bonchev–Trinajstić information content (AvgIpc) is 3.18. The molecule has 1 heterocycles. The minimum absolute atomic E-state index is 0.166. The van der Waals surface area contributed by atoms with E-state index in [1.807, 2.05) is 60.7 Å². The molecular weight excluding hydrogens is 362 g/mol. The normalized spacial score (nSPS) is 11.6. The summed E-state index contributed by atoms with van der Waals surface area (Å²) in [5.41, 5.74) is 7.68. The molecule has 0 spiro atoms. The number of primary amides is 1. The molecule has 0 saturated carbocycles. The number of carbonyl (C=O) groups is 3. The third-order valence-corrected chi connectivity index (χ3v) is 4.65. The van der Waals surface area contributed by atoms with Crippen molar-refractivity contribution in [2.75, 3.05) is 0 Å². The van der Waals surface area contributed by atoms with Crippen molar-refractivity contribution in [3.63, 3.8) is 0 Å². The van der Waals surface area contributed by atoms with E-state index in [0.717, 1.165) is 22.7 Å². The second-order valence-electron chi connectivity index (χ2n) is 5.89. The van der Waals surface area contributed by atoms with E-state index < -0.39 is 23.6 Å². The van der Waals surface area contributed by atoms with Crippen LogP contribution in [0, 0.1) is 0 Å². The van der Waals surface area contributed by atoms with Gasteiger partial charge in [0.25, 0.3) is 11.8 Å². The molecule has 0 aliphatic carbocycles. The molecule has 2 amide bonds. The van der Waals surface area contributed by atoms with Crippen molar-refractivity contribution in [3.8, 4) is 11.1 Å². The van der Waals surface area contributed by atoms with Crippen LogP contribution in [0.15, 0.2) is 66.0 Å². The number of amides is 2. The van der Waals surface area contributed by atoms with Gasteiger partial charge in [-0.2, -0.15) is 4.37 Å². The number of nitrogens with one attached hydrogen (secondary N) is 1. The molecular formula is C20H17N3O3S. The van der Waals surface area contributed by atoms with Crippen molar-refractivity contribution in [2.24, 2.45) is 5.73 Å². The van der Waals surface area contributed by atoms with Crippen molar-refractivity contribution < 1.29 is 14.4 Å². The highest BCUT2D eigenvalue weighted by Crippen LogP contribution is 2.24. The van der Waals surface area contributed by atoms with Crippen LogP contribution in [0.1, 0.15) is 16.1 Å². The van der Waals surface area contributed by atoms with Crippen LogP contribution in [0.3, 0.4) is 0 Å². The Balaban J connectivity index is 1.84. The minimum atomic E-state index is -1.09. The van der Waals surface area contributed by atoms with Gasteiger partial charge in [0.05, 0.1) is 0 Å². The lowest BCUT2D eigenvalue weighted by Crippen LogP contribution is -2.47. The molecule has 0 aliphatic rings. The Labute approximate surface area is 160 Å². The molecule has 0 bridgehead atoms. The van der Waals surface area contributed by atoms with Gasteiger partial charge in [-0.25, -0.2) is 0 Å². The Morgan fingerprint density at radius 2 is 1.63 bits per heavy atom. The van der Waals surface area contributed by atoms with Crippen molar-refractivity contribution in [1.29, 1.82) is 0 Å². The van der Waals surface area contributed by atoms with E-state index in [1.54, 1.807) is 5.38 Å². The van der Waals surface area contributed by atoms with Crippen molar-refractivity contribution in [3.05, 3.63) is 77.3 Å². The van der Waals surface area contributed by atoms with Crippen LogP contribution in [-0.4, -0.2) is 28.0 Å². The first-order valence-corrected chi connectivity index (χ1v) is 9.08. The van der Waals surface area contributed by atoms with E-state index >= 15 is 0 Å². The predicted molar refractivity (Wildman–Crippen MR) is 103 cm³/mol. The van der Waals surface area contributed by atoms with Crippen LogP contribution in [0.5, 0.6) is 0 Å². The van der Waals surface area contributed by atoms with Gasteiger partial charge in [-0.3, -0.25) is 14.4 Å². The summed E-state index contributed by atoms with van der Waals surface area (Å²) in [7, 11) is 0. The highest BCUT2D eigenvalue weighted by molar-refractivity contribution is 7.04. The molecule has 1 aromatic heterocycles. The maximum Gasteiger partial charge on any atom is 0.287 e. The molecule has 6 nitrogen and oxygen atoms in total. The number of nitrogens with two attached hydrogens (primary N) is 1. The van der Waals surface area contributed by atoms with Gasteiger partial charge in [0.15, 0.2) is 0 Å². The molecule has 1 unspecified atom stereocenters. The lowest BCUT2D eigenvalue weighted by Gasteiger charge is -2.16. The summed E-state index contributed by atoms with van der Waals surface area (Å²) in [6.07, 6.45) is 0.166. The SMILES string of the molecule is NC(=O)C(=O)C(Cc1ccccc1)NC(=O)c1nscc1-c1ccccc1. The minimum Gasteiger partial charge on any atom is -0.363 e. The first-order chi connectivity index (χ1) is 13.1. The molecule has 3 N–H and O–H groups in total. The Kier molecular flexibility index (Phi) is 5.73. The molecule has 0 fully saturated rings. The summed E-state index contributed by atoms with van der Waals surface area (Å²) in [6.45, 7) is 0. The van der Waals surface area contributed by atoms with Crippen molar-refractivity contribution in [1.82, 2.24) is 9.69 Å². The maximum atomic E-state index is 12.8. The fourth-order valence-corrected chi connectivity index (χ4v) is 3.37. The Bertz CT molecular complexity index is 955. The first kappa shape index (κ1) is 18.5. The number of benzene rings is 2. The van der Waals surface area contributed by atoms with Gasteiger partial charge in [0, 0.05) is 17.4 Å². The van der Waals surface area contributed by atoms with E-state index in [0.29, 0.717) is 5.56 Å². The van der Waals surface area contributed by atoms with Gasteiger partial charge in [-0.05, 0) is 22.7 Å². The summed E-state index contributed by atoms with van der Waals surface area (Å²) < 4.78 is 4.16. The fraction of sp³-hybridized carbons (Fsp3) is 0.100. The predicted octanol–water partition coefficient (Wildman–Crippen LogP) is 2.21. The standard InChI is InChI=1S/C20H17N3O3S/c21-19(25)18(24)16(11-13-7-3-1-4-8-13)22-20(26)17-15(12-27-23-17)14-9-5-2-6-10-14/h1-10,12,16H,11H2,(H2,21,25)(H,22,26). The molecule has 1 atom stereocenters. The molecule has 136 valence electrons. The zero-order valence-corrected chi connectivity index (χ0v) is 15.1. The Morgan fingerprint density at radius 3 is 2.26 bits per heavy atom. The van der Waals surface area contributed by atoms with Crippen molar-refractivity contribution >= 4 is 29.1 Å². The van der Waals surface area contributed by atoms with Crippen LogP contribution in [0.4, 0.5) is 0 Å². The zero-order valence-electron chi connectivity index (χ0n) is 14.3. The van der Waals surface area contributed by atoms with Crippen LogP contribution in [-0.2, 0) is 16.0 Å². The highest BCUT2D eigenvalue weighted by atomic mass is 32.1. The lowest BCUT2D eigenvalue weighted by molar-refractivity contribution is -0.137. The molecule has 3 aromatic rings. The van der Waals surface area contributed by atoms with Crippen LogP contribution < -0.4 is 11.1 Å². The molecule has 7 heteroatoms. The van der Waals surface area contributed by atoms with E-state index in [-0.39, 0.29) is 12.1 Å². The maximum absolute atomic E-state index is 12.8. The van der Waals surface area contributed by atoms with E-state index in [2.05, 4.69) is 9.69 Å². The number of hydrogen-bond donors (Lipinski definition) is 2. The largest absolute Gasteiger partial charge is 0.363 e. The smallest absolute Gasteiger partial charge is 0.287 e. The first-order valence-electron chi connectivity index (χ1n) is 8.24. The number of carbonyl (C=O) groups excluding carboxylic acids is 3. The van der Waals surface area contributed by atoms with Crippen LogP contribution >= 0.6 is 11.5 Å². The summed E-state index contributed by atoms with van der Waals surface area (Å²) in [5.74, 6) is -2.45. The fourth-order valence-electron chi connectivity index (χ4n) is 2.68. The Morgan fingerprint density at radius 1 is 1.00 bits per heavy atom. The van der Waals surface area contributed by atoms with E-state index in [4.69, 9.17) is 5.73 Å². The van der Waals surface area contributed by atoms with Gasteiger partial charge in [0.2, 0.25) is 5.78 Å². The summed E-state index contributed by atoms with van der Waals surface area (Å²) in [5, 5.41) is 4.38. The summed E-state index contributed by atoms with van der Waals surface area (Å²) in [4.78, 5) is 36.4. The third-order valence-electron chi connectivity index (χ3n) is 4.02. The monoisotopic (exact) mass is 379 g/mol. The second-order valence-corrected chi connectivity index (χ2v) is 6.52. The topological polar surface area (TPSA) is 102 Å². The average molecular weight is 379 g/mol. The number of Topliss-reactive ketones (excluding diaryl/α,β-unsaturated/α-hetero) is 1. The van der Waals surface area contributed by atoms with Gasteiger partial charge >= 0.3 is 0 Å². The van der Waals surface area contributed by atoms with Gasteiger partial charge in [-0.15, -0.1) is 0 Å². The molecule has 3 rings (SSSR count). The van der Waals surface area contributed by atoms with Crippen LogP contribution in [0.25, 0.3) is 11.1 Å². The second kappa shape index (κ2) is 8.37.